The third kappa shape index (κ3) is 2.67. The molecule has 0 spiro atoms. The number of carbonyl (C=O) groups excluding carboxylic acids is 3. The first-order valence-electron chi connectivity index (χ1n) is 6.36. The van der Waals surface area contributed by atoms with E-state index in [1.807, 2.05) is 13.8 Å². The first kappa shape index (κ1) is 14.5. The van der Waals surface area contributed by atoms with E-state index in [-0.39, 0.29) is 35.5 Å². The fourth-order valence-corrected chi connectivity index (χ4v) is 2.36. The van der Waals surface area contributed by atoms with Crippen molar-refractivity contribution in [2.24, 2.45) is 0 Å². The Balaban J connectivity index is 2.10. The molecule has 106 valence electrons. The lowest BCUT2D eigenvalue weighted by atomic mass is 10.1. The van der Waals surface area contributed by atoms with Gasteiger partial charge in [0.1, 0.15) is 0 Å². The number of imide groups is 1. The summed E-state index contributed by atoms with van der Waals surface area (Å²) < 4.78 is 0. The van der Waals surface area contributed by atoms with Crippen LogP contribution in [0.25, 0.3) is 0 Å². The van der Waals surface area contributed by atoms with E-state index in [9.17, 15) is 14.4 Å². The quantitative estimate of drug-likeness (QED) is 0.862. The molecule has 0 bridgehead atoms. The normalized spacial score (nSPS) is 13.9. The van der Waals surface area contributed by atoms with Gasteiger partial charge in [-0.25, -0.2) is 0 Å². The summed E-state index contributed by atoms with van der Waals surface area (Å²) >= 11 is 5.95. The summed E-state index contributed by atoms with van der Waals surface area (Å²) in [5.41, 5.74) is 0.523. The van der Waals surface area contributed by atoms with Crippen LogP contribution in [-0.2, 0) is 4.79 Å². The third-order valence-corrected chi connectivity index (χ3v) is 3.28. The number of carbonyl (C=O) groups is 3. The topological polar surface area (TPSA) is 66.5 Å². The summed E-state index contributed by atoms with van der Waals surface area (Å²) in [7, 11) is 0. The van der Waals surface area contributed by atoms with E-state index in [1.54, 1.807) is 18.2 Å². The molecule has 0 aromatic heterocycles. The lowest BCUT2D eigenvalue weighted by molar-refractivity contribution is -0.121. The zero-order valence-corrected chi connectivity index (χ0v) is 12.0. The number of halogens is 1. The van der Waals surface area contributed by atoms with Crippen LogP contribution < -0.4 is 5.32 Å². The Labute approximate surface area is 121 Å². The molecule has 0 saturated carbocycles. The maximum Gasteiger partial charge on any atom is 0.263 e. The minimum atomic E-state index is -0.437. The Morgan fingerprint density at radius 2 is 2.00 bits per heavy atom. The number of benzene rings is 1. The number of nitrogens with one attached hydrogen (secondary N) is 1. The molecule has 1 aromatic carbocycles. The Bertz CT molecular complexity index is 584. The highest BCUT2D eigenvalue weighted by molar-refractivity contribution is 6.37. The largest absolute Gasteiger partial charge is 0.354 e. The van der Waals surface area contributed by atoms with Gasteiger partial charge in [-0.1, -0.05) is 17.7 Å². The Hall–Kier alpha value is -1.88. The fraction of sp³-hybridized carbons (Fsp3) is 0.357. The van der Waals surface area contributed by atoms with Gasteiger partial charge >= 0.3 is 0 Å². The lowest BCUT2D eigenvalue weighted by Gasteiger charge is -2.14. The van der Waals surface area contributed by atoms with Gasteiger partial charge in [0.2, 0.25) is 5.91 Å². The molecule has 3 amide bonds. The van der Waals surface area contributed by atoms with Crippen molar-refractivity contribution in [2.45, 2.75) is 26.3 Å². The van der Waals surface area contributed by atoms with Crippen molar-refractivity contribution < 1.29 is 14.4 Å². The monoisotopic (exact) mass is 294 g/mol. The number of fused-ring (bicyclic) bond motifs is 1. The second kappa shape index (κ2) is 5.63. The van der Waals surface area contributed by atoms with Gasteiger partial charge < -0.3 is 5.32 Å². The summed E-state index contributed by atoms with van der Waals surface area (Å²) in [5.74, 6) is -1.03. The van der Waals surface area contributed by atoms with Crippen molar-refractivity contribution in [1.82, 2.24) is 10.2 Å². The first-order valence-corrected chi connectivity index (χ1v) is 6.73. The average Bonchev–Trinajstić information content (AvgIpc) is 2.60. The number of nitrogens with zero attached hydrogens (tertiary/aromatic N) is 1. The molecule has 0 fully saturated rings. The van der Waals surface area contributed by atoms with Gasteiger partial charge in [-0.2, -0.15) is 0 Å². The van der Waals surface area contributed by atoms with Gasteiger partial charge in [-0.15, -0.1) is 0 Å². The minimum Gasteiger partial charge on any atom is -0.354 e. The summed E-state index contributed by atoms with van der Waals surface area (Å²) in [4.78, 5) is 36.9. The van der Waals surface area contributed by atoms with Crippen LogP contribution in [0.3, 0.4) is 0 Å². The number of hydrogen-bond donors (Lipinski definition) is 1. The van der Waals surface area contributed by atoms with E-state index in [1.165, 1.54) is 0 Å². The van der Waals surface area contributed by atoms with Crippen LogP contribution in [0, 0.1) is 0 Å². The van der Waals surface area contributed by atoms with Gasteiger partial charge in [-0.3, -0.25) is 19.3 Å². The summed E-state index contributed by atoms with van der Waals surface area (Å²) in [6.45, 7) is 3.75. The third-order valence-electron chi connectivity index (χ3n) is 2.96. The number of hydrogen-bond acceptors (Lipinski definition) is 3. The minimum absolute atomic E-state index is 0.0270. The van der Waals surface area contributed by atoms with Gasteiger partial charge in [0.25, 0.3) is 11.8 Å². The second-order valence-corrected chi connectivity index (χ2v) is 5.30. The molecule has 0 aliphatic carbocycles. The van der Waals surface area contributed by atoms with Crippen LogP contribution in [0.4, 0.5) is 0 Å². The van der Waals surface area contributed by atoms with Crippen LogP contribution in [0.1, 0.15) is 41.0 Å². The highest BCUT2D eigenvalue weighted by Crippen LogP contribution is 2.28. The molecule has 20 heavy (non-hydrogen) atoms. The summed E-state index contributed by atoms with van der Waals surface area (Å²) in [5, 5.41) is 2.97. The molecule has 5 nitrogen and oxygen atoms in total. The van der Waals surface area contributed by atoms with E-state index in [0.29, 0.717) is 5.56 Å². The van der Waals surface area contributed by atoms with E-state index >= 15 is 0 Å². The van der Waals surface area contributed by atoms with Crippen molar-refractivity contribution in [3.8, 4) is 0 Å². The van der Waals surface area contributed by atoms with Crippen molar-refractivity contribution >= 4 is 29.3 Å². The van der Waals surface area contributed by atoms with Crippen molar-refractivity contribution in [3.05, 3.63) is 34.3 Å². The number of amides is 3. The maximum absolute atomic E-state index is 12.2. The first-order chi connectivity index (χ1) is 9.41. The second-order valence-electron chi connectivity index (χ2n) is 4.90. The predicted molar refractivity (Wildman–Crippen MR) is 74.7 cm³/mol. The smallest absolute Gasteiger partial charge is 0.263 e. The molecule has 0 atom stereocenters. The highest BCUT2D eigenvalue weighted by atomic mass is 35.5. The molecule has 6 heteroatoms. The summed E-state index contributed by atoms with van der Waals surface area (Å²) in [6.07, 6.45) is 0.0846. The molecule has 1 heterocycles. The molecule has 0 unspecified atom stereocenters. The van der Waals surface area contributed by atoms with Gasteiger partial charge in [0.15, 0.2) is 0 Å². The van der Waals surface area contributed by atoms with Gasteiger partial charge in [0, 0.05) is 19.0 Å². The summed E-state index contributed by atoms with van der Waals surface area (Å²) in [6, 6.07) is 4.79. The van der Waals surface area contributed by atoms with Crippen LogP contribution in [0.15, 0.2) is 18.2 Å². The average molecular weight is 295 g/mol. The molecule has 0 radical (unpaired) electrons. The van der Waals surface area contributed by atoms with Crippen molar-refractivity contribution in [1.29, 1.82) is 0 Å². The van der Waals surface area contributed by atoms with E-state index in [2.05, 4.69) is 5.32 Å². The SMILES string of the molecule is CC(C)NC(=O)CCN1C(=O)c2cccc(Cl)c2C1=O. The Morgan fingerprint density at radius 3 is 2.60 bits per heavy atom. The molecule has 2 rings (SSSR count). The van der Waals surface area contributed by atoms with Gasteiger partial charge in [-0.05, 0) is 26.0 Å². The maximum atomic E-state index is 12.2. The number of rotatable bonds is 4. The lowest BCUT2D eigenvalue weighted by Crippen LogP contribution is -2.36. The predicted octanol–water partition coefficient (Wildman–Crippen LogP) is 1.85. The zero-order chi connectivity index (χ0) is 14.9. The van der Waals surface area contributed by atoms with E-state index < -0.39 is 11.8 Å². The van der Waals surface area contributed by atoms with E-state index in [4.69, 9.17) is 11.6 Å². The molecule has 1 N–H and O–H groups in total. The standard InChI is InChI=1S/C14H15ClN2O3/c1-8(2)16-11(18)6-7-17-13(19)9-4-3-5-10(15)12(9)14(17)20/h3-5,8H,6-7H2,1-2H3,(H,16,18). The molecule has 1 aromatic rings. The molecular weight excluding hydrogens is 280 g/mol. The van der Waals surface area contributed by atoms with Crippen molar-refractivity contribution in [2.75, 3.05) is 6.54 Å². The van der Waals surface area contributed by atoms with Crippen LogP contribution in [-0.4, -0.2) is 35.2 Å². The van der Waals surface area contributed by atoms with Crippen LogP contribution in [0.2, 0.25) is 5.02 Å². The fourth-order valence-electron chi connectivity index (χ4n) is 2.10. The molecular formula is C14H15ClN2O3. The molecule has 1 aliphatic rings. The Kier molecular flexibility index (Phi) is 4.09. The Morgan fingerprint density at radius 1 is 1.30 bits per heavy atom. The van der Waals surface area contributed by atoms with E-state index in [0.717, 1.165) is 4.90 Å². The molecule has 1 aliphatic heterocycles. The van der Waals surface area contributed by atoms with Gasteiger partial charge in [0.05, 0.1) is 16.1 Å². The zero-order valence-electron chi connectivity index (χ0n) is 11.3. The van der Waals surface area contributed by atoms with Crippen molar-refractivity contribution in [3.63, 3.8) is 0 Å². The molecule has 0 saturated heterocycles. The highest BCUT2D eigenvalue weighted by Gasteiger charge is 2.36. The van der Waals surface area contributed by atoms with Crippen LogP contribution in [0.5, 0.6) is 0 Å². The van der Waals surface area contributed by atoms with Crippen LogP contribution >= 0.6 is 11.6 Å².